The van der Waals surface area contributed by atoms with Gasteiger partial charge < -0.3 is 4.74 Å². The molecule has 1 radical (unpaired) electrons. The molecule has 0 N–H and O–H groups in total. The number of halogens is 1. The molecule has 1 aliphatic heterocycles. The maximum absolute atomic E-state index is 5.44. The number of nitrogens with zero attached hydrogens (tertiary/aromatic N) is 1. The van der Waals surface area contributed by atoms with Gasteiger partial charge in [0.05, 0.1) is 24.6 Å². The Labute approximate surface area is 104 Å². The molecule has 0 spiro atoms. The average molecular weight is 314 g/mol. The maximum Gasteiger partial charge on any atom is 0.0856 e. The minimum Gasteiger partial charge on any atom is -0.374 e. The fourth-order valence-corrected chi connectivity index (χ4v) is 2.16. The molecule has 1 aromatic rings. The monoisotopic (exact) mass is 314 g/mol. The number of benzene rings is 1. The van der Waals surface area contributed by atoms with Gasteiger partial charge >= 0.3 is 0 Å². The SMILES string of the molecule is [CH2]C1(CI)COCC1=Nc1ccccc1. The van der Waals surface area contributed by atoms with E-state index in [1.54, 1.807) is 0 Å². The van der Waals surface area contributed by atoms with Gasteiger partial charge in [-0.25, -0.2) is 0 Å². The Morgan fingerprint density at radius 1 is 1.40 bits per heavy atom. The highest BCUT2D eigenvalue weighted by Crippen LogP contribution is 2.29. The molecule has 0 saturated carbocycles. The van der Waals surface area contributed by atoms with Gasteiger partial charge in [-0.15, -0.1) is 0 Å². The van der Waals surface area contributed by atoms with E-state index < -0.39 is 0 Å². The molecule has 1 aromatic carbocycles. The van der Waals surface area contributed by atoms with Crippen LogP contribution in [-0.4, -0.2) is 23.4 Å². The van der Waals surface area contributed by atoms with E-state index in [2.05, 4.69) is 34.5 Å². The Hall–Kier alpha value is -0.420. The molecule has 1 saturated heterocycles. The van der Waals surface area contributed by atoms with Crippen LogP contribution in [0.25, 0.3) is 0 Å². The third-order valence-electron chi connectivity index (χ3n) is 2.51. The molecule has 0 aliphatic carbocycles. The second kappa shape index (κ2) is 4.61. The molecule has 1 fully saturated rings. The Morgan fingerprint density at radius 2 is 2.13 bits per heavy atom. The molecular formula is C12H13INO. The highest BCUT2D eigenvalue weighted by Gasteiger charge is 2.35. The Morgan fingerprint density at radius 3 is 2.80 bits per heavy atom. The van der Waals surface area contributed by atoms with Crippen molar-refractivity contribution >= 4 is 34.0 Å². The lowest BCUT2D eigenvalue weighted by molar-refractivity contribution is 0.177. The van der Waals surface area contributed by atoms with Gasteiger partial charge in [0, 0.05) is 9.84 Å². The molecule has 0 bridgehead atoms. The van der Waals surface area contributed by atoms with Crippen molar-refractivity contribution in [3.8, 4) is 0 Å². The van der Waals surface area contributed by atoms with Crippen molar-refractivity contribution in [3.63, 3.8) is 0 Å². The summed E-state index contributed by atoms with van der Waals surface area (Å²) in [5.41, 5.74) is 1.91. The lowest BCUT2D eigenvalue weighted by Gasteiger charge is -2.18. The van der Waals surface area contributed by atoms with Crippen molar-refractivity contribution in [2.24, 2.45) is 10.4 Å². The highest BCUT2D eigenvalue weighted by molar-refractivity contribution is 14.1. The summed E-state index contributed by atoms with van der Waals surface area (Å²) in [5.74, 6) is 0. The molecule has 1 atom stereocenters. The van der Waals surface area contributed by atoms with E-state index in [-0.39, 0.29) is 5.41 Å². The molecule has 15 heavy (non-hydrogen) atoms. The third-order valence-corrected chi connectivity index (χ3v) is 3.97. The van der Waals surface area contributed by atoms with Gasteiger partial charge in [-0.3, -0.25) is 4.99 Å². The number of aliphatic imine (C=N–C) groups is 1. The fraction of sp³-hybridized carbons (Fsp3) is 0.333. The van der Waals surface area contributed by atoms with Crippen LogP contribution in [0.15, 0.2) is 35.3 Å². The number of hydrogen-bond acceptors (Lipinski definition) is 2. The number of para-hydroxylation sites is 1. The Kier molecular flexibility index (Phi) is 3.41. The summed E-state index contributed by atoms with van der Waals surface area (Å²) in [7, 11) is 0. The third kappa shape index (κ3) is 2.39. The number of ether oxygens (including phenoxy) is 1. The summed E-state index contributed by atoms with van der Waals surface area (Å²) in [4.78, 5) is 4.61. The zero-order valence-electron chi connectivity index (χ0n) is 8.45. The molecular weight excluding hydrogens is 301 g/mol. The lowest BCUT2D eigenvalue weighted by Crippen LogP contribution is -2.28. The first kappa shape index (κ1) is 11.1. The first-order chi connectivity index (χ1) is 7.24. The molecule has 0 amide bonds. The van der Waals surface area contributed by atoms with Gasteiger partial charge in [-0.05, 0) is 19.1 Å². The topological polar surface area (TPSA) is 21.6 Å². The van der Waals surface area contributed by atoms with Crippen molar-refractivity contribution in [2.75, 3.05) is 17.6 Å². The fourth-order valence-electron chi connectivity index (χ4n) is 1.50. The van der Waals surface area contributed by atoms with Gasteiger partial charge in [0.15, 0.2) is 0 Å². The summed E-state index contributed by atoms with van der Waals surface area (Å²) in [6, 6.07) is 9.97. The van der Waals surface area contributed by atoms with E-state index in [1.165, 1.54) is 0 Å². The van der Waals surface area contributed by atoms with Crippen LogP contribution in [0, 0.1) is 12.3 Å². The largest absolute Gasteiger partial charge is 0.374 e. The van der Waals surface area contributed by atoms with Crippen LogP contribution in [0.2, 0.25) is 0 Å². The van der Waals surface area contributed by atoms with Crippen LogP contribution in [0.5, 0.6) is 0 Å². The summed E-state index contributed by atoms with van der Waals surface area (Å²) in [5, 5.41) is 0. The van der Waals surface area contributed by atoms with Crippen LogP contribution in [-0.2, 0) is 4.74 Å². The minimum atomic E-state index is -0.129. The first-order valence-corrected chi connectivity index (χ1v) is 6.39. The quantitative estimate of drug-likeness (QED) is 0.607. The summed E-state index contributed by atoms with van der Waals surface area (Å²) in [6.45, 7) is 5.50. The summed E-state index contributed by atoms with van der Waals surface area (Å²) in [6.07, 6.45) is 0. The van der Waals surface area contributed by atoms with Gasteiger partial charge in [0.1, 0.15) is 0 Å². The molecule has 1 unspecified atom stereocenters. The summed E-state index contributed by atoms with van der Waals surface area (Å²) >= 11 is 2.34. The highest BCUT2D eigenvalue weighted by atomic mass is 127. The van der Waals surface area contributed by atoms with E-state index in [4.69, 9.17) is 4.74 Å². The molecule has 1 aliphatic rings. The van der Waals surface area contributed by atoms with E-state index in [0.29, 0.717) is 13.2 Å². The van der Waals surface area contributed by atoms with Crippen LogP contribution < -0.4 is 0 Å². The Balaban J connectivity index is 2.27. The smallest absolute Gasteiger partial charge is 0.0856 e. The van der Waals surface area contributed by atoms with Gasteiger partial charge in [0.2, 0.25) is 0 Å². The van der Waals surface area contributed by atoms with Crippen LogP contribution in [0.3, 0.4) is 0 Å². The molecule has 79 valence electrons. The zero-order chi connectivity index (χ0) is 10.7. The molecule has 2 nitrogen and oxygen atoms in total. The standard InChI is InChI=1S/C12H13INO/c1-12(8-13)9-15-7-11(12)14-10-5-3-2-4-6-10/h2-6H,1,7-9H2. The van der Waals surface area contributed by atoms with Crippen molar-refractivity contribution in [1.82, 2.24) is 0 Å². The van der Waals surface area contributed by atoms with Crippen LogP contribution in [0.1, 0.15) is 0 Å². The second-order valence-electron chi connectivity index (χ2n) is 3.80. The van der Waals surface area contributed by atoms with E-state index in [1.807, 2.05) is 30.3 Å². The van der Waals surface area contributed by atoms with Crippen molar-refractivity contribution in [2.45, 2.75) is 0 Å². The van der Waals surface area contributed by atoms with Gasteiger partial charge in [-0.1, -0.05) is 40.8 Å². The van der Waals surface area contributed by atoms with Crippen molar-refractivity contribution in [1.29, 1.82) is 0 Å². The predicted octanol–water partition coefficient (Wildman–Crippen LogP) is 3.04. The van der Waals surface area contributed by atoms with E-state index in [9.17, 15) is 0 Å². The number of hydrogen-bond donors (Lipinski definition) is 0. The molecule has 1 heterocycles. The zero-order valence-corrected chi connectivity index (χ0v) is 10.6. The van der Waals surface area contributed by atoms with Crippen LogP contribution in [0.4, 0.5) is 5.69 Å². The molecule has 3 heteroatoms. The number of alkyl halides is 1. The normalized spacial score (nSPS) is 28.5. The van der Waals surface area contributed by atoms with Crippen molar-refractivity contribution < 1.29 is 4.74 Å². The lowest BCUT2D eigenvalue weighted by atomic mass is 9.91. The van der Waals surface area contributed by atoms with Gasteiger partial charge in [0.25, 0.3) is 0 Å². The first-order valence-electron chi connectivity index (χ1n) is 4.87. The van der Waals surface area contributed by atoms with E-state index in [0.717, 1.165) is 15.8 Å². The molecule has 2 rings (SSSR count). The average Bonchev–Trinajstić information content (AvgIpc) is 2.63. The van der Waals surface area contributed by atoms with Crippen molar-refractivity contribution in [3.05, 3.63) is 37.3 Å². The minimum absolute atomic E-state index is 0.129. The Bertz CT molecular complexity index is 363. The number of rotatable bonds is 2. The van der Waals surface area contributed by atoms with E-state index >= 15 is 0 Å². The second-order valence-corrected chi connectivity index (χ2v) is 4.56. The predicted molar refractivity (Wildman–Crippen MR) is 71.0 cm³/mol. The van der Waals surface area contributed by atoms with Gasteiger partial charge in [-0.2, -0.15) is 0 Å². The molecule has 0 aromatic heterocycles. The summed E-state index contributed by atoms with van der Waals surface area (Å²) < 4.78 is 6.38. The van der Waals surface area contributed by atoms with Crippen LogP contribution >= 0.6 is 22.6 Å². The maximum atomic E-state index is 5.44.